The largest absolute Gasteiger partial charge is 0.303 e. The van der Waals surface area contributed by atoms with E-state index < -0.39 is 0 Å². The third-order valence-corrected chi connectivity index (χ3v) is 6.16. The lowest BCUT2D eigenvalue weighted by molar-refractivity contribution is 0.267. The predicted octanol–water partition coefficient (Wildman–Crippen LogP) is 9.54. The normalized spacial score (nSPS) is 11.6. The lowest BCUT2D eigenvalue weighted by Gasteiger charge is -2.20. The highest BCUT2D eigenvalue weighted by Crippen LogP contribution is 2.14. The quantitative estimate of drug-likeness (QED) is 0.147. The first kappa shape index (κ1) is 28.0. The van der Waals surface area contributed by atoms with Gasteiger partial charge >= 0.3 is 0 Å². The van der Waals surface area contributed by atoms with E-state index in [1.165, 1.54) is 154 Å². The van der Waals surface area contributed by atoms with Gasteiger partial charge in [-0.1, -0.05) is 136 Å². The van der Waals surface area contributed by atoms with E-state index in [-0.39, 0.29) is 0 Å². The minimum absolute atomic E-state index is 1.30. The molecule has 0 aliphatic rings. The number of hydrogen-bond donors (Lipinski definition) is 0. The first-order chi connectivity index (χ1) is 13.8. The number of unbranched alkanes of at least 4 members (excludes halogenated alkanes) is 18. The number of hydrogen-bond acceptors (Lipinski definition) is 1. The summed E-state index contributed by atoms with van der Waals surface area (Å²) in [7, 11) is 0. The molecule has 170 valence electrons. The summed E-state index contributed by atoms with van der Waals surface area (Å²) >= 11 is 0. The Labute approximate surface area is 180 Å². The molecule has 0 N–H and O–H groups in total. The Kier molecular flexibility index (Phi) is 25.0. The first-order valence-electron chi connectivity index (χ1n) is 13.6. The van der Waals surface area contributed by atoms with Crippen LogP contribution in [0.2, 0.25) is 0 Å². The monoisotopic (exact) mass is 395 g/mol. The second kappa shape index (κ2) is 25.0. The molecule has 0 amide bonds. The Hall–Kier alpha value is -0.0400. The molecule has 0 bridgehead atoms. The van der Waals surface area contributed by atoms with E-state index >= 15 is 0 Å². The molecule has 0 radical (unpaired) electrons. The van der Waals surface area contributed by atoms with Crippen LogP contribution in [0.5, 0.6) is 0 Å². The summed E-state index contributed by atoms with van der Waals surface area (Å²) in [4.78, 5) is 2.66. The van der Waals surface area contributed by atoms with Crippen LogP contribution in [0.1, 0.15) is 156 Å². The zero-order valence-electron chi connectivity index (χ0n) is 20.4. The van der Waals surface area contributed by atoms with Crippen LogP contribution >= 0.6 is 0 Å². The summed E-state index contributed by atoms with van der Waals surface area (Å²) in [5.41, 5.74) is 0. The van der Waals surface area contributed by atoms with Gasteiger partial charge in [0.25, 0.3) is 0 Å². The van der Waals surface area contributed by atoms with Gasteiger partial charge in [0, 0.05) is 0 Å². The van der Waals surface area contributed by atoms with Gasteiger partial charge in [-0.15, -0.1) is 0 Å². The number of rotatable bonds is 24. The van der Waals surface area contributed by atoms with E-state index in [0.29, 0.717) is 0 Å². The van der Waals surface area contributed by atoms with Crippen molar-refractivity contribution >= 4 is 0 Å². The molecule has 0 saturated heterocycles. The second-order valence-electron chi connectivity index (χ2n) is 9.21. The molecule has 0 aromatic rings. The summed E-state index contributed by atoms with van der Waals surface area (Å²) in [6.07, 6.45) is 30.5. The van der Waals surface area contributed by atoms with Crippen molar-refractivity contribution in [2.45, 2.75) is 156 Å². The molecule has 28 heavy (non-hydrogen) atoms. The van der Waals surface area contributed by atoms with Crippen molar-refractivity contribution in [3.05, 3.63) is 0 Å². The van der Waals surface area contributed by atoms with Crippen LogP contribution < -0.4 is 0 Å². The molecule has 1 nitrogen and oxygen atoms in total. The summed E-state index contributed by atoms with van der Waals surface area (Å²) in [6, 6.07) is 0. The van der Waals surface area contributed by atoms with E-state index in [1.807, 2.05) is 0 Å². The maximum absolute atomic E-state index is 2.66. The fourth-order valence-electron chi connectivity index (χ4n) is 4.38. The SMILES string of the molecule is CCCCCCCCCCCCCCCCCCCCCN(CCC)CCC. The highest BCUT2D eigenvalue weighted by Gasteiger charge is 2.01. The van der Waals surface area contributed by atoms with Crippen LogP contribution in [-0.2, 0) is 0 Å². The Morgan fingerprint density at radius 1 is 0.286 bits per heavy atom. The van der Waals surface area contributed by atoms with Crippen molar-refractivity contribution in [1.82, 2.24) is 4.90 Å². The fourth-order valence-corrected chi connectivity index (χ4v) is 4.38. The Balaban J connectivity index is 3.12. The van der Waals surface area contributed by atoms with Crippen molar-refractivity contribution in [3.8, 4) is 0 Å². The van der Waals surface area contributed by atoms with Crippen LogP contribution in [0, 0.1) is 0 Å². The number of nitrogens with zero attached hydrogens (tertiary/aromatic N) is 1. The van der Waals surface area contributed by atoms with E-state index in [1.54, 1.807) is 0 Å². The standard InChI is InChI=1S/C27H57N/c1-4-7-8-9-10-11-12-13-14-15-16-17-18-19-20-21-22-23-24-27-28(25-5-2)26-6-3/h4-27H2,1-3H3. The van der Waals surface area contributed by atoms with Gasteiger partial charge in [-0.25, -0.2) is 0 Å². The zero-order chi connectivity index (χ0) is 20.5. The van der Waals surface area contributed by atoms with Crippen molar-refractivity contribution in [2.75, 3.05) is 19.6 Å². The summed E-state index contributed by atoms with van der Waals surface area (Å²) in [6.45, 7) is 10.8. The van der Waals surface area contributed by atoms with Crippen LogP contribution in [-0.4, -0.2) is 24.5 Å². The molecule has 0 heterocycles. The first-order valence-corrected chi connectivity index (χ1v) is 13.6. The molecule has 0 unspecified atom stereocenters. The van der Waals surface area contributed by atoms with Crippen LogP contribution in [0.4, 0.5) is 0 Å². The van der Waals surface area contributed by atoms with Crippen molar-refractivity contribution < 1.29 is 0 Å². The van der Waals surface area contributed by atoms with Crippen LogP contribution in [0.15, 0.2) is 0 Å². The average Bonchev–Trinajstić information content (AvgIpc) is 2.70. The fraction of sp³-hybridized carbons (Fsp3) is 1.00. The van der Waals surface area contributed by atoms with Crippen molar-refractivity contribution in [1.29, 1.82) is 0 Å². The molecular formula is C27H57N. The lowest BCUT2D eigenvalue weighted by atomic mass is 10.0. The van der Waals surface area contributed by atoms with Gasteiger partial charge in [-0.2, -0.15) is 0 Å². The van der Waals surface area contributed by atoms with Gasteiger partial charge in [-0.05, 0) is 38.9 Å². The van der Waals surface area contributed by atoms with E-state index in [2.05, 4.69) is 25.7 Å². The maximum atomic E-state index is 2.66. The third-order valence-electron chi connectivity index (χ3n) is 6.16. The van der Waals surface area contributed by atoms with E-state index in [0.717, 1.165) is 0 Å². The molecule has 0 rings (SSSR count). The average molecular weight is 396 g/mol. The van der Waals surface area contributed by atoms with Crippen molar-refractivity contribution in [3.63, 3.8) is 0 Å². The second-order valence-corrected chi connectivity index (χ2v) is 9.21. The highest BCUT2D eigenvalue weighted by atomic mass is 15.1. The van der Waals surface area contributed by atoms with Crippen LogP contribution in [0.25, 0.3) is 0 Å². The van der Waals surface area contributed by atoms with Crippen molar-refractivity contribution in [2.24, 2.45) is 0 Å². The Morgan fingerprint density at radius 3 is 0.857 bits per heavy atom. The Morgan fingerprint density at radius 2 is 0.571 bits per heavy atom. The molecule has 0 spiro atoms. The molecule has 0 saturated carbocycles. The summed E-state index contributed by atoms with van der Waals surface area (Å²) in [5.74, 6) is 0. The van der Waals surface area contributed by atoms with Gasteiger partial charge in [0.2, 0.25) is 0 Å². The molecule has 0 aromatic heterocycles. The maximum Gasteiger partial charge on any atom is -0.00187 e. The molecular weight excluding hydrogens is 338 g/mol. The summed E-state index contributed by atoms with van der Waals surface area (Å²) < 4.78 is 0. The Bertz CT molecular complexity index is 257. The highest BCUT2D eigenvalue weighted by molar-refractivity contribution is 4.57. The minimum atomic E-state index is 1.30. The van der Waals surface area contributed by atoms with Gasteiger partial charge in [-0.3, -0.25) is 0 Å². The van der Waals surface area contributed by atoms with Gasteiger partial charge in [0.1, 0.15) is 0 Å². The van der Waals surface area contributed by atoms with Gasteiger partial charge < -0.3 is 4.90 Å². The molecule has 0 atom stereocenters. The van der Waals surface area contributed by atoms with E-state index in [9.17, 15) is 0 Å². The van der Waals surface area contributed by atoms with E-state index in [4.69, 9.17) is 0 Å². The zero-order valence-corrected chi connectivity index (χ0v) is 20.4. The molecule has 0 aliphatic carbocycles. The minimum Gasteiger partial charge on any atom is -0.303 e. The van der Waals surface area contributed by atoms with Gasteiger partial charge in [0.05, 0.1) is 0 Å². The van der Waals surface area contributed by atoms with Crippen LogP contribution in [0.3, 0.4) is 0 Å². The lowest BCUT2D eigenvalue weighted by Crippen LogP contribution is -2.26. The molecule has 0 fully saturated rings. The molecule has 0 aliphatic heterocycles. The topological polar surface area (TPSA) is 3.24 Å². The molecule has 0 aromatic carbocycles. The summed E-state index contributed by atoms with van der Waals surface area (Å²) in [5, 5.41) is 0. The predicted molar refractivity (Wildman–Crippen MR) is 130 cm³/mol. The van der Waals surface area contributed by atoms with Gasteiger partial charge in [0.15, 0.2) is 0 Å². The third kappa shape index (κ3) is 22.3. The smallest absolute Gasteiger partial charge is 0.00187 e. The molecule has 1 heteroatoms.